The van der Waals surface area contributed by atoms with Gasteiger partial charge in [-0.05, 0) is 34.0 Å². The van der Waals surface area contributed by atoms with Gasteiger partial charge in [0, 0.05) is 30.0 Å². The van der Waals surface area contributed by atoms with Gasteiger partial charge in [-0.15, -0.1) is 0 Å². The van der Waals surface area contributed by atoms with Crippen molar-refractivity contribution in [2.75, 3.05) is 25.1 Å². The van der Waals surface area contributed by atoms with Crippen LogP contribution in [-0.4, -0.2) is 29.7 Å². The first-order valence-corrected chi connectivity index (χ1v) is 7.18. The summed E-state index contributed by atoms with van der Waals surface area (Å²) in [6.07, 6.45) is 3.57. The van der Waals surface area contributed by atoms with Crippen molar-refractivity contribution >= 4 is 32.7 Å². The minimum absolute atomic E-state index is 0.570. The molecule has 1 N–H and O–H groups in total. The third kappa shape index (κ3) is 4.14. The van der Waals surface area contributed by atoms with Crippen molar-refractivity contribution in [3.63, 3.8) is 0 Å². The molecule has 0 radical (unpaired) electrons. The van der Waals surface area contributed by atoms with Gasteiger partial charge < -0.3 is 10.1 Å². The molecule has 0 amide bonds. The van der Waals surface area contributed by atoms with Crippen molar-refractivity contribution in [3.8, 4) is 0 Å². The van der Waals surface area contributed by atoms with Gasteiger partial charge in [0.2, 0.25) is 0 Å². The highest BCUT2D eigenvalue weighted by molar-refractivity contribution is 9.10. The van der Waals surface area contributed by atoms with Crippen molar-refractivity contribution in [2.45, 2.75) is 13.8 Å². The van der Waals surface area contributed by atoms with Gasteiger partial charge in [0.15, 0.2) is 0 Å². The number of rotatable bonds is 6. The molecule has 0 aliphatic heterocycles. The van der Waals surface area contributed by atoms with E-state index in [9.17, 15) is 0 Å². The van der Waals surface area contributed by atoms with Crippen LogP contribution in [0, 0.1) is 5.92 Å². The Labute approximate surface area is 121 Å². The number of nitrogens with zero attached hydrogens (tertiary/aromatic N) is 2. The second kappa shape index (κ2) is 6.82. The van der Waals surface area contributed by atoms with Crippen molar-refractivity contribution in [1.29, 1.82) is 0 Å². The molecule has 2 aromatic rings. The van der Waals surface area contributed by atoms with Crippen LogP contribution in [0.25, 0.3) is 11.0 Å². The first-order chi connectivity index (χ1) is 9.16. The fraction of sp³-hybridized carbons (Fsp3) is 0.429. The lowest BCUT2D eigenvalue weighted by molar-refractivity contribution is 0.118. The van der Waals surface area contributed by atoms with Crippen molar-refractivity contribution in [1.82, 2.24) is 9.97 Å². The van der Waals surface area contributed by atoms with E-state index in [1.165, 1.54) is 0 Å². The lowest BCUT2D eigenvalue weighted by atomic mass is 10.2. The van der Waals surface area contributed by atoms with Crippen LogP contribution in [0.5, 0.6) is 0 Å². The molecule has 0 bridgehead atoms. The summed E-state index contributed by atoms with van der Waals surface area (Å²) < 4.78 is 6.48. The average molecular weight is 324 g/mol. The van der Waals surface area contributed by atoms with Gasteiger partial charge in [-0.1, -0.05) is 13.8 Å². The third-order valence-corrected chi connectivity index (χ3v) is 2.99. The molecule has 5 heteroatoms. The normalized spacial score (nSPS) is 11.2. The Morgan fingerprint density at radius 3 is 3.00 bits per heavy atom. The maximum absolute atomic E-state index is 5.54. The molecule has 102 valence electrons. The van der Waals surface area contributed by atoms with Crippen LogP contribution in [0.15, 0.2) is 29.0 Å². The van der Waals surface area contributed by atoms with Crippen LogP contribution in [0.2, 0.25) is 0 Å². The number of ether oxygens (including phenoxy) is 1. The van der Waals surface area contributed by atoms with E-state index < -0.39 is 0 Å². The molecule has 0 aromatic carbocycles. The fourth-order valence-corrected chi connectivity index (χ4v) is 2.04. The van der Waals surface area contributed by atoms with Gasteiger partial charge in [-0.2, -0.15) is 0 Å². The molecule has 0 aliphatic carbocycles. The van der Waals surface area contributed by atoms with Gasteiger partial charge in [-0.25, -0.2) is 0 Å². The zero-order valence-corrected chi connectivity index (χ0v) is 12.8. The summed E-state index contributed by atoms with van der Waals surface area (Å²) in [5.41, 5.74) is 2.75. The first-order valence-electron chi connectivity index (χ1n) is 6.38. The smallest absolute Gasteiger partial charge is 0.112 e. The highest BCUT2D eigenvalue weighted by Crippen LogP contribution is 2.21. The molecule has 0 spiro atoms. The molecule has 2 aromatic heterocycles. The number of fused-ring (bicyclic) bond motifs is 1. The Kier molecular flexibility index (Phi) is 5.10. The van der Waals surface area contributed by atoms with Gasteiger partial charge in [0.05, 0.1) is 17.8 Å². The molecule has 19 heavy (non-hydrogen) atoms. The standard InChI is InChI=1S/C14H18BrN3O/c1-10(2)9-19-6-5-17-12-3-4-16-13-7-11(15)8-18-14(12)13/h3-4,7-8,10H,5-6,9H2,1-2H3,(H,16,17). The molecule has 4 nitrogen and oxygen atoms in total. The molecule has 0 unspecified atom stereocenters. The summed E-state index contributed by atoms with van der Waals surface area (Å²) in [6.45, 7) is 6.54. The van der Waals surface area contributed by atoms with Gasteiger partial charge >= 0.3 is 0 Å². The Morgan fingerprint density at radius 1 is 1.37 bits per heavy atom. The SMILES string of the molecule is CC(C)COCCNc1ccnc2cc(Br)cnc12. The summed E-state index contributed by atoms with van der Waals surface area (Å²) >= 11 is 3.40. The molecule has 0 aliphatic rings. The molecule has 2 heterocycles. The number of nitrogens with one attached hydrogen (secondary N) is 1. The van der Waals surface area contributed by atoms with E-state index in [4.69, 9.17) is 4.74 Å². The second-order valence-corrected chi connectivity index (χ2v) is 5.69. The highest BCUT2D eigenvalue weighted by atomic mass is 79.9. The predicted molar refractivity (Wildman–Crippen MR) is 81.4 cm³/mol. The van der Waals surface area contributed by atoms with E-state index in [2.05, 4.69) is 45.1 Å². The van der Waals surface area contributed by atoms with Crippen molar-refractivity contribution in [2.24, 2.45) is 5.92 Å². The van der Waals surface area contributed by atoms with Crippen LogP contribution >= 0.6 is 15.9 Å². The molecule has 0 fully saturated rings. The summed E-state index contributed by atoms with van der Waals surface area (Å²) in [7, 11) is 0. The quantitative estimate of drug-likeness (QED) is 0.827. The zero-order valence-electron chi connectivity index (χ0n) is 11.2. The lowest BCUT2D eigenvalue weighted by Crippen LogP contribution is -2.12. The monoisotopic (exact) mass is 323 g/mol. The van der Waals surface area contributed by atoms with Crippen LogP contribution < -0.4 is 5.32 Å². The summed E-state index contributed by atoms with van der Waals surface area (Å²) in [5.74, 6) is 0.570. The van der Waals surface area contributed by atoms with Crippen LogP contribution in [0.1, 0.15) is 13.8 Å². The van der Waals surface area contributed by atoms with Gasteiger partial charge in [0.25, 0.3) is 0 Å². The zero-order chi connectivity index (χ0) is 13.7. The van der Waals surface area contributed by atoms with E-state index >= 15 is 0 Å². The number of pyridine rings is 2. The van der Waals surface area contributed by atoms with Crippen molar-refractivity contribution in [3.05, 3.63) is 29.0 Å². The van der Waals surface area contributed by atoms with Crippen LogP contribution in [0.4, 0.5) is 5.69 Å². The Hall–Kier alpha value is -1.20. The predicted octanol–water partition coefficient (Wildman–Crippen LogP) is 3.48. The number of hydrogen-bond acceptors (Lipinski definition) is 4. The van der Waals surface area contributed by atoms with E-state index in [1.54, 1.807) is 12.4 Å². The maximum atomic E-state index is 5.54. The summed E-state index contributed by atoms with van der Waals surface area (Å²) in [6, 6.07) is 3.90. The number of anilines is 1. The average Bonchev–Trinajstić information content (AvgIpc) is 2.37. The molecule has 0 saturated heterocycles. The second-order valence-electron chi connectivity index (χ2n) is 4.78. The highest BCUT2D eigenvalue weighted by Gasteiger charge is 2.03. The van der Waals surface area contributed by atoms with E-state index in [0.717, 1.165) is 34.3 Å². The summed E-state index contributed by atoms with van der Waals surface area (Å²) in [4.78, 5) is 8.70. The van der Waals surface area contributed by atoms with E-state index in [-0.39, 0.29) is 0 Å². The molecular weight excluding hydrogens is 306 g/mol. The maximum Gasteiger partial charge on any atom is 0.112 e. The number of hydrogen-bond donors (Lipinski definition) is 1. The van der Waals surface area contributed by atoms with Gasteiger partial charge in [-0.3, -0.25) is 9.97 Å². The van der Waals surface area contributed by atoms with E-state index in [1.807, 2.05) is 12.1 Å². The lowest BCUT2D eigenvalue weighted by Gasteiger charge is -2.10. The fourth-order valence-electron chi connectivity index (χ4n) is 1.73. The van der Waals surface area contributed by atoms with E-state index in [0.29, 0.717) is 12.5 Å². The Morgan fingerprint density at radius 2 is 2.21 bits per heavy atom. The molecule has 0 atom stereocenters. The Bertz CT molecular complexity index is 545. The Balaban J connectivity index is 1.97. The molecular formula is C14H18BrN3O. The topological polar surface area (TPSA) is 47.0 Å². The number of aromatic nitrogens is 2. The number of halogens is 1. The minimum Gasteiger partial charge on any atom is -0.381 e. The van der Waals surface area contributed by atoms with Crippen molar-refractivity contribution < 1.29 is 4.74 Å². The molecule has 0 saturated carbocycles. The molecule has 2 rings (SSSR count). The van der Waals surface area contributed by atoms with Crippen LogP contribution in [0.3, 0.4) is 0 Å². The first kappa shape index (κ1) is 14.2. The van der Waals surface area contributed by atoms with Crippen LogP contribution in [-0.2, 0) is 4.74 Å². The third-order valence-electron chi connectivity index (χ3n) is 2.56. The van der Waals surface area contributed by atoms with Gasteiger partial charge in [0.1, 0.15) is 5.52 Å². The minimum atomic E-state index is 0.570. The summed E-state index contributed by atoms with van der Waals surface area (Å²) in [5, 5.41) is 3.34. The largest absolute Gasteiger partial charge is 0.381 e.